The molecule has 0 N–H and O–H groups in total. The number of rotatable bonds is 5. The molecule has 0 saturated heterocycles. The average molecular weight is 677 g/mol. The van der Waals surface area contributed by atoms with E-state index in [4.69, 9.17) is 23.7 Å². The molecule has 4 rings (SSSR count). The Balaban J connectivity index is 0.000000327. The Morgan fingerprint density at radius 2 is 0.735 bits per heavy atom. The molecule has 0 heterocycles. The van der Waals surface area contributed by atoms with E-state index in [0.717, 1.165) is 28.6 Å². The van der Waals surface area contributed by atoms with Gasteiger partial charge in [-0.05, 0) is 163 Å². The van der Waals surface area contributed by atoms with E-state index in [1.165, 1.54) is 17.7 Å². The molecule has 0 atom stereocenters. The standard InChI is InChI=1S/C11H15FO.C11H16O2.C11H16O.C10H14O/c1-8-5-9(12)7-10(6-8)13-11(2,3)4;1-11(2,3)13-10-7-5-9(12-4)6-8-10;1-9-5-7-10(8-6-9)12-11(2,3)4;1-10(2,3)11-9-7-5-4-6-8-9/h5-7H,1-4H3;5-8H,1-4H3;5-8H,1-4H3;4-8H,1-3H3. The second-order valence-electron chi connectivity index (χ2n) is 15.6. The lowest BCUT2D eigenvalue weighted by Gasteiger charge is -2.21. The van der Waals surface area contributed by atoms with E-state index >= 15 is 0 Å². The monoisotopic (exact) mass is 676 g/mol. The number of benzene rings is 4. The highest BCUT2D eigenvalue weighted by atomic mass is 19.1. The van der Waals surface area contributed by atoms with Gasteiger partial charge in [0.05, 0.1) is 7.11 Å². The Kier molecular flexibility index (Phi) is 16.7. The molecule has 5 nitrogen and oxygen atoms in total. The van der Waals surface area contributed by atoms with Gasteiger partial charge in [0.1, 0.15) is 57.0 Å². The molecular weight excluding hydrogens is 615 g/mol. The van der Waals surface area contributed by atoms with Crippen molar-refractivity contribution in [2.24, 2.45) is 0 Å². The zero-order chi connectivity index (χ0) is 37.5. The van der Waals surface area contributed by atoms with Crippen LogP contribution >= 0.6 is 0 Å². The highest BCUT2D eigenvalue weighted by Gasteiger charge is 2.13. The zero-order valence-electron chi connectivity index (χ0n) is 32.7. The zero-order valence-corrected chi connectivity index (χ0v) is 32.7. The molecular formula is C43H61FO5. The van der Waals surface area contributed by atoms with E-state index < -0.39 is 0 Å². The molecule has 0 spiro atoms. The Labute approximate surface area is 296 Å². The second kappa shape index (κ2) is 19.1. The fourth-order valence-electron chi connectivity index (χ4n) is 3.91. The van der Waals surface area contributed by atoms with Crippen molar-refractivity contribution in [2.75, 3.05) is 7.11 Å². The Morgan fingerprint density at radius 3 is 1.10 bits per heavy atom. The molecule has 0 amide bonds. The molecule has 0 aliphatic carbocycles. The predicted molar refractivity (Wildman–Crippen MR) is 203 cm³/mol. The van der Waals surface area contributed by atoms with Crippen LogP contribution in [0.1, 0.15) is 94.2 Å². The number of para-hydroxylation sites is 1. The topological polar surface area (TPSA) is 46.2 Å². The molecule has 0 aromatic heterocycles. The molecule has 0 unspecified atom stereocenters. The first-order valence-corrected chi connectivity index (χ1v) is 16.7. The van der Waals surface area contributed by atoms with Crippen LogP contribution in [0.2, 0.25) is 0 Å². The van der Waals surface area contributed by atoms with Crippen LogP contribution < -0.4 is 23.7 Å². The lowest BCUT2D eigenvalue weighted by Crippen LogP contribution is -2.23. The minimum Gasteiger partial charge on any atom is -0.497 e. The highest BCUT2D eigenvalue weighted by Crippen LogP contribution is 2.22. The van der Waals surface area contributed by atoms with Crippen molar-refractivity contribution in [3.05, 3.63) is 114 Å². The molecule has 49 heavy (non-hydrogen) atoms. The Hall–Kier alpha value is -4.19. The smallest absolute Gasteiger partial charge is 0.127 e. The van der Waals surface area contributed by atoms with Gasteiger partial charge in [-0.25, -0.2) is 4.39 Å². The molecule has 0 fully saturated rings. The summed E-state index contributed by atoms with van der Waals surface area (Å²) in [5, 5.41) is 0. The van der Waals surface area contributed by atoms with Crippen molar-refractivity contribution in [3.63, 3.8) is 0 Å². The fraction of sp³-hybridized carbons (Fsp3) is 0.442. The summed E-state index contributed by atoms with van der Waals surface area (Å²) in [7, 11) is 1.65. The Morgan fingerprint density at radius 1 is 0.388 bits per heavy atom. The van der Waals surface area contributed by atoms with Crippen LogP contribution in [-0.2, 0) is 0 Å². The fourth-order valence-corrected chi connectivity index (χ4v) is 3.91. The van der Waals surface area contributed by atoms with Gasteiger partial charge in [0.15, 0.2) is 0 Å². The first kappa shape index (κ1) is 42.8. The third kappa shape index (κ3) is 22.9. The van der Waals surface area contributed by atoms with Crippen molar-refractivity contribution >= 4 is 0 Å². The molecule has 6 heteroatoms. The number of hydrogen-bond acceptors (Lipinski definition) is 5. The van der Waals surface area contributed by atoms with Gasteiger partial charge in [-0.2, -0.15) is 0 Å². The van der Waals surface area contributed by atoms with E-state index in [0.29, 0.717) is 5.75 Å². The lowest BCUT2D eigenvalue weighted by molar-refractivity contribution is 0.130. The van der Waals surface area contributed by atoms with E-state index in [1.807, 2.05) is 163 Å². The van der Waals surface area contributed by atoms with Crippen molar-refractivity contribution in [3.8, 4) is 28.7 Å². The lowest BCUT2D eigenvalue weighted by atomic mass is 10.2. The SMILES string of the molecule is CC(C)(C)Oc1ccccc1.COc1ccc(OC(C)(C)C)cc1.Cc1cc(F)cc(OC(C)(C)C)c1.Cc1ccc(OC(C)(C)C)cc1. The second-order valence-corrected chi connectivity index (χ2v) is 15.6. The van der Waals surface area contributed by atoms with Gasteiger partial charge in [0, 0.05) is 6.07 Å². The normalized spacial score (nSPS) is 11.3. The maximum atomic E-state index is 12.9. The molecule has 0 saturated carbocycles. The summed E-state index contributed by atoms with van der Waals surface area (Å²) in [6.07, 6.45) is 0. The van der Waals surface area contributed by atoms with Crippen LogP contribution in [0.15, 0.2) is 97.1 Å². The molecule has 0 bridgehead atoms. The molecule has 0 radical (unpaired) electrons. The summed E-state index contributed by atoms with van der Waals surface area (Å²) in [6.45, 7) is 28.1. The number of ether oxygens (including phenoxy) is 5. The van der Waals surface area contributed by atoms with Crippen molar-refractivity contribution in [1.29, 1.82) is 0 Å². The quantitative estimate of drug-likeness (QED) is 0.210. The summed E-state index contributed by atoms with van der Waals surface area (Å²) in [5.41, 5.74) is 1.52. The third-order valence-corrected chi connectivity index (χ3v) is 5.54. The largest absolute Gasteiger partial charge is 0.497 e. The van der Waals surface area contributed by atoms with Crippen molar-refractivity contribution in [2.45, 2.75) is 119 Å². The number of aryl methyl sites for hydroxylation is 2. The van der Waals surface area contributed by atoms with Gasteiger partial charge < -0.3 is 23.7 Å². The molecule has 270 valence electrons. The van der Waals surface area contributed by atoms with Gasteiger partial charge in [-0.3, -0.25) is 0 Å². The summed E-state index contributed by atoms with van der Waals surface area (Å²) < 4.78 is 40.4. The Bertz CT molecular complexity index is 1450. The average Bonchev–Trinajstić information content (AvgIpc) is 2.92. The number of methoxy groups -OCH3 is 1. The van der Waals surface area contributed by atoms with Gasteiger partial charge in [-0.15, -0.1) is 0 Å². The molecule has 0 aliphatic rings. The first-order valence-electron chi connectivity index (χ1n) is 16.7. The number of hydrogen-bond donors (Lipinski definition) is 0. The molecule has 0 aliphatic heterocycles. The van der Waals surface area contributed by atoms with Crippen molar-refractivity contribution < 1.29 is 28.1 Å². The van der Waals surface area contributed by atoms with Gasteiger partial charge in [0.25, 0.3) is 0 Å². The minimum absolute atomic E-state index is 0.0959. The van der Waals surface area contributed by atoms with Crippen LogP contribution in [0.5, 0.6) is 28.7 Å². The van der Waals surface area contributed by atoms with Crippen LogP contribution in [0, 0.1) is 19.7 Å². The maximum Gasteiger partial charge on any atom is 0.127 e. The van der Waals surface area contributed by atoms with E-state index in [-0.39, 0.29) is 28.2 Å². The minimum atomic E-state index is -0.278. The molecule has 4 aromatic carbocycles. The van der Waals surface area contributed by atoms with Crippen LogP contribution in [0.4, 0.5) is 4.39 Å². The highest BCUT2D eigenvalue weighted by molar-refractivity contribution is 5.32. The van der Waals surface area contributed by atoms with E-state index in [1.54, 1.807) is 7.11 Å². The van der Waals surface area contributed by atoms with Gasteiger partial charge >= 0.3 is 0 Å². The summed E-state index contributed by atoms with van der Waals surface area (Å²) in [4.78, 5) is 0. The van der Waals surface area contributed by atoms with E-state index in [9.17, 15) is 4.39 Å². The summed E-state index contributed by atoms with van der Waals surface area (Å²) >= 11 is 0. The summed E-state index contributed by atoms with van der Waals surface area (Å²) in [6, 6.07) is 30.3. The van der Waals surface area contributed by atoms with Crippen molar-refractivity contribution in [1.82, 2.24) is 0 Å². The van der Waals surface area contributed by atoms with Gasteiger partial charge in [0.2, 0.25) is 0 Å². The van der Waals surface area contributed by atoms with E-state index in [2.05, 4.69) is 19.1 Å². The molecule has 4 aromatic rings. The first-order chi connectivity index (χ1) is 22.4. The van der Waals surface area contributed by atoms with Gasteiger partial charge in [-0.1, -0.05) is 35.9 Å². The third-order valence-electron chi connectivity index (χ3n) is 5.54. The summed E-state index contributed by atoms with van der Waals surface area (Å²) in [5.74, 6) is 3.92. The number of halogens is 1. The maximum absolute atomic E-state index is 12.9. The van der Waals surface area contributed by atoms with Crippen LogP contribution in [0.25, 0.3) is 0 Å². The predicted octanol–water partition coefficient (Wildman–Crippen LogP) is 12.2. The van der Waals surface area contributed by atoms with Crippen LogP contribution in [0.3, 0.4) is 0 Å². The van der Waals surface area contributed by atoms with Crippen LogP contribution in [-0.4, -0.2) is 29.5 Å².